The van der Waals surface area contributed by atoms with Crippen LogP contribution >= 0.6 is 0 Å². The minimum absolute atomic E-state index is 0.564. The molecule has 0 aliphatic carbocycles. The van der Waals surface area contributed by atoms with E-state index in [-0.39, 0.29) is 0 Å². The SMILES string of the molecule is CN(C)Cc1ccccc1[C@@H]1CCCCCN1. The summed E-state index contributed by atoms with van der Waals surface area (Å²) in [7, 11) is 4.27. The summed E-state index contributed by atoms with van der Waals surface area (Å²) in [5.41, 5.74) is 2.97. The number of hydrogen-bond acceptors (Lipinski definition) is 2. The van der Waals surface area contributed by atoms with E-state index in [0.717, 1.165) is 6.54 Å². The first-order chi connectivity index (χ1) is 8.27. The fraction of sp³-hybridized carbons (Fsp3) is 0.600. The number of benzene rings is 1. The molecule has 0 radical (unpaired) electrons. The summed E-state index contributed by atoms with van der Waals surface area (Å²) in [6.45, 7) is 2.20. The molecular weight excluding hydrogens is 208 g/mol. The molecule has 17 heavy (non-hydrogen) atoms. The van der Waals surface area contributed by atoms with Crippen LogP contribution in [0.15, 0.2) is 24.3 Å². The molecule has 1 N–H and O–H groups in total. The van der Waals surface area contributed by atoms with Gasteiger partial charge >= 0.3 is 0 Å². The van der Waals surface area contributed by atoms with Crippen molar-refractivity contribution in [3.05, 3.63) is 35.4 Å². The van der Waals surface area contributed by atoms with Gasteiger partial charge in [-0.05, 0) is 44.6 Å². The maximum absolute atomic E-state index is 3.69. The van der Waals surface area contributed by atoms with Crippen molar-refractivity contribution in [1.29, 1.82) is 0 Å². The van der Waals surface area contributed by atoms with E-state index in [9.17, 15) is 0 Å². The lowest BCUT2D eigenvalue weighted by atomic mass is 9.96. The molecule has 2 rings (SSSR count). The van der Waals surface area contributed by atoms with Gasteiger partial charge in [0, 0.05) is 12.6 Å². The average Bonchev–Trinajstić information content (AvgIpc) is 2.57. The lowest BCUT2D eigenvalue weighted by Crippen LogP contribution is -2.22. The quantitative estimate of drug-likeness (QED) is 0.862. The van der Waals surface area contributed by atoms with Gasteiger partial charge in [-0.2, -0.15) is 0 Å². The number of nitrogens with zero attached hydrogens (tertiary/aromatic N) is 1. The van der Waals surface area contributed by atoms with Crippen LogP contribution in [-0.4, -0.2) is 25.5 Å². The molecule has 2 heteroatoms. The predicted molar refractivity (Wildman–Crippen MR) is 73.0 cm³/mol. The van der Waals surface area contributed by atoms with Gasteiger partial charge in [-0.15, -0.1) is 0 Å². The molecule has 1 aromatic carbocycles. The fourth-order valence-corrected chi connectivity index (χ4v) is 2.65. The molecule has 94 valence electrons. The third-order valence-electron chi connectivity index (χ3n) is 3.48. The number of hydrogen-bond donors (Lipinski definition) is 1. The van der Waals surface area contributed by atoms with Crippen molar-refractivity contribution in [2.75, 3.05) is 20.6 Å². The standard InChI is InChI=1S/C15H24N2/c1-17(2)12-13-8-5-6-9-14(13)15-10-4-3-7-11-16-15/h5-6,8-9,15-16H,3-4,7,10-12H2,1-2H3/t15-/m0/s1. The Bertz CT molecular complexity index is 339. The van der Waals surface area contributed by atoms with E-state index in [1.807, 2.05) is 0 Å². The Morgan fingerprint density at radius 1 is 1.18 bits per heavy atom. The van der Waals surface area contributed by atoms with Crippen molar-refractivity contribution in [1.82, 2.24) is 10.2 Å². The topological polar surface area (TPSA) is 15.3 Å². The van der Waals surface area contributed by atoms with Gasteiger partial charge in [0.05, 0.1) is 0 Å². The van der Waals surface area contributed by atoms with E-state index in [4.69, 9.17) is 0 Å². The lowest BCUT2D eigenvalue weighted by molar-refractivity contribution is 0.397. The zero-order valence-corrected chi connectivity index (χ0v) is 11.1. The van der Waals surface area contributed by atoms with Gasteiger partial charge in [-0.1, -0.05) is 37.1 Å². The first-order valence-corrected chi connectivity index (χ1v) is 6.73. The molecule has 1 aliphatic rings. The van der Waals surface area contributed by atoms with Crippen molar-refractivity contribution in [3.63, 3.8) is 0 Å². The molecule has 1 heterocycles. The van der Waals surface area contributed by atoms with Crippen LogP contribution in [0.2, 0.25) is 0 Å². The van der Waals surface area contributed by atoms with E-state index < -0.39 is 0 Å². The predicted octanol–water partition coefficient (Wildman–Crippen LogP) is 2.95. The Kier molecular flexibility index (Phi) is 4.57. The van der Waals surface area contributed by atoms with E-state index >= 15 is 0 Å². The summed E-state index contributed by atoms with van der Waals surface area (Å²) in [6, 6.07) is 9.44. The van der Waals surface area contributed by atoms with Crippen LogP contribution in [0.1, 0.15) is 42.9 Å². The second-order valence-corrected chi connectivity index (χ2v) is 5.29. The minimum atomic E-state index is 0.564. The molecule has 0 amide bonds. The highest BCUT2D eigenvalue weighted by Crippen LogP contribution is 2.25. The van der Waals surface area contributed by atoms with Gasteiger partial charge in [-0.3, -0.25) is 0 Å². The molecule has 0 spiro atoms. The Labute approximate surface area is 105 Å². The van der Waals surface area contributed by atoms with Gasteiger partial charge in [0.1, 0.15) is 0 Å². The Balaban J connectivity index is 2.17. The number of nitrogens with one attached hydrogen (secondary N) is 1. The summed E-state index contributed by atoms with van der Waals surface area (Å²) in [5, 5.41) is 3.69. The van der Waals surface area contributed by atoms with Crippen molar-refractivity contribution >= 4 is 0 Å². The summed E-state index contributed by atoms with van der Waals surface area (Å²) >= 11 is 0. The summed E-state index contributed by atoms with van der Waals surface area (Å²) in [5.74, 6) is 0. The highest BCUT2D eigenvalue weighted by atomic mass is 15.0. The normalized spacial score (nSPS) is 21.5. The molecular formula is C15H24N2. The smallest absolute Gasteiger partial charge is 0.0323 e. The highest BCUT2D eigenvalue weighted by molar-refractivity contribution is 5.30. The lowest BCUT2D eigenvalue weighted by Gasteiger charge is -2.21. The van der Waals surface area contributed by atoms with Gasteiger partial charge in [0.15, 0.2) is 0 Å². The second-order valence-electron chi connectivity index (χ2n) is 5.29. The van der Waals surface area contributed by atoms with Gasteiger partial charge < -0.3 is 10.2 Å². The summed E-state index contributed by atoms with van der Waals surface area (Å²) < 4.78 is 0. The van der Waals surface area contributed by atoms with Crippen LogP contribution in [-0.2, 0) is 6.54 Å². The molecule has 2 nitrogen and oxygen atoms in total. The van der Waals surface area contributed by atoms with Crippen LogP contribution in [0.25, 0.3) is 0 Å². The van der Waals surface area contributed by atoms with E-state index in [1.54, 1.807) is 0 Å². The van der Waals surface area contributed by atoms with Gasteiger partial charge in [0.2, 0.25) is 0 Å². The molecule has 0 bridgehead atoms. The largest absolute Gasteiger partial charge is 0.310 e. The monoisotopic (exact) mass is 232 g/mol. The molecule has 1 aliphatic heterocycles. The maximum atomic E-state index is 3.69. The second kappa shape index (κ2) is 6.18. The summed E-state index contributed by atoms with van der Waals surface area (Å²) in [4.78, 5) is 2.25. The van der Waals surface area contributed by atoms with Crippen molar-refractivity contribution in [2.45, 2.75) is 38.3 Å². The minimum Gasteiger partial charge on any atom is -0.310 e. The molecule has 1 fully saturated rings. The van der Waals surface area contributed by atoms with Crippen molar-refractivity contribution < 1.29 is 0 Å². The van der Waals surface area contributed by atoms with Crippen LogP contribution in [0.5, 0.6) is 0 Å². The third-order valence-corrected chi connectivity index (χ3v) is 3.48. The number of rotatable bonds is 3. The first kappa shape index (κ1) is 12.6. The fourth-order valence-electron chi connectivity index (χ4n) is 2.65. The summed E-state index contributed by atoms with van der Waals surface area (Å²) in [6.07, 6.45) is 5.34. The molecule has 0 aromatic heterocycles. The van der Waals surface area contributed by atoms with Gasteiger partial charge in [0.25, 0.3) is 0 Å². The van der Waals surface area contributed by atoms with Crippen LogP contribution in [0.3, 0.4) is 0 Å². The zero-order valence-electron chi connectivity index (χ0n) is 11.1. The molecule has 0 unspecified atom stereocenters. The van der Waals surface area contributed by atoms with Gasteiger partial charge in [-0.25, -0.2) is 0 Å². The van der Waals surface area contributed by atoms with E-state index in [1.165, 1.54) is 43.4 Å². The first-order valence-electron chi connectivity index (χ1n) is 6.73. The van der Waals surface area contributed by atoms with Crippen LogP contribution in [0, 0.1) is 0 Å². The molecule has 1 aromatic rings. The Hall–Kier alpha value is -0.860. The Morgan fingerprint density at radius 3 is 2.82 bits per heavy atom. The van der Waals surface area contributed by atoms with Crippen LogP contribution < -0.4 is 5.32 Å². The Morgan fingerprint density at radius 2 is 2.00 bits per heavy atom. The van der Waals surface area contributed by atoms with E-state index in [2.05, 4.69) is 48.6 Å². The van der Waals surface area contributed by atoms with Crippen molar-refractivity contribution in [3.8, 4) is 0 Å². The van der Waals surface area contributed by atoms with Crippen LogP contribution in [0.4, 0.5) is 0 Å². The van der Waals surface area contributed by atoms with E-state index in [0.29, 0.717) is 6.04 Å². The highest BCUT2D eigenvalue weighted by Gasteiger charge is 2.16. The average molecular weight is 232 g/mol. The third kappa shape index (κ3) is 3.55. The molecule has 0 saturated carbocycles. The molecule has 1 atom stereocenters. The maximum Gasteiger partial charge on any atom is 0.0323 e. The van der Waals surface area contributed by atoms with Crippen molar-refractivity contribution in [2.24, 2.45) is 0 Å². The molecule has 1 saturated heterocycles. The zero-order chi connectivity index (χ0) is 12.1.